The molecule has 0 saturated heterocycles. The third kappa shape index (κ3) is 4.36. The number of ether oxygens (including phenoxy) is 1. The molecule has 0 bridgehead atoms. The van der Waals surface area contributed by atoms with Gasteiger partial charge in [-0.15, -0.1) is 0 Å². The summed E-state index contributed by atoms with van der Waals surface area (Å²) in [5.74, 6) is 1.79. The van der Waals surface area contributed by atoms with Gasteiger partial charge in [-0.2, -0.15) is 0 Å². The molecule has 2 aromatic carbocycles. The van der Waals surface area contributed by atoms with Crippen molar-refractivity contribution in [3.8, 4) is 5.75 Å². The molecule has 136 valence electrons. The van der Waals surface area contributed by atoms with Crippen LogP contribution in [0.25, 0.3) is 11.0 Å². The largest absolute Gasteiger partial charge is 0.487 e. The average molecular weight is 358 g/mol. The number of nitrogens with one attached hydrogen (secondary N) is 1. The quantitative estimate of drug-likeness (QED) is 0.490. The summed E-state index contributed by atoms with van der Waals surface area (Å²) in [5.41, 5.74) is 3.00. The van der Waals surface area contributed by atoms with E-state index in [4.69, 9.17) is 9.15 Å². The first-order valence-corrected chi connectivity index (χ1v) is 9.11. The summed E-state index contributed by atoms with van der Waals surface area (Å²) < 4.78 is 11.8. The van der Waals surface area contributed by atoms with E-state index >= 15 is 0 Å². The summed E-state index contributed by atoms with van der Waals surface area (Å²) in [6, 6.07) is 24.2. The second kappa shape index (κ2) is 8.06. The standard InChI is InChI=1S/C23H22N2O2/c1-17(23-14-19-8-2-3-11-22(19)27-23)25-15-18-7-6-10-21(13-18)26-16-20-9-4-5-12-24-20/h2-14,17,25H,15-16H2,1H3. The predicted molar refractivity (Wildman–Crippen MR) is 106 cm³/mol. The van der Waals surface area contributed by atoms with E-state index in [-0.39, 0.29) is 6.04 Å². The first-order chi connectivity index (χ1) is 13.3. The molecule has 0 fully saturated rings. The zero-order valence-electron chi connectivity index (χ0n) is 15.3. The number of nitrogens with zero attached hydrogens (tertiary/aromatic N) is 1. The van der Waals surface area contributed by atoms with Crippen LogP contribution in [0, 0.1) is 0 Å². The van der Waals surface area contributed by atoms with Crippen molar-refractivity contribution in [3.63, 3.8) is 0 Å². The molecule has 27 heavy (non-hydrogen) atoms. The van der Waals surface area contributed by atoms with E-state index in [9.17, 15) is 0 Å². The molecule has 2 aromatic heterocycles. The minimum Gasteiger partial charge on any atom is -0.487 e. The van der Waals surface area contributed by atoms with Gasteiger partial charge in [0.25, 0.3) is 0 Å². The Morgan fingerprint density at radius 2 is 1.89 bits per heavy atom. The van der Waals surface area contributed by atoms with E-state index in [0.29, 0.717) is 6.61 Å². The summed E-state index contributed by atoms with van der Waals surface area (Å²) in [6.45, 7) is 3.31. The second-order valence-electron chi connectivity index (χ2n) is 6.55. The van der Waals surface area contributed by atoms with Gasteiger partial charge in [-0.05, 0) is 48.9 Å². The lowest BCUT2D eigenvalue weighted by atomic mass is 10.2. The molecule has 4 nitrogen and oxygen atoms in total. The van der Waals surface area contributed by atoms with Crippen molar-refractivity contribution < 1.29 is 9.15 Å². The fourth-order valence-electron chi connectivity index (χ4n) is 2.97. The van der Waals surface area contributed by atoms with E-state index in [1.807, 2.05) is 48.5 Å². The molecule has 2 heterocycles. The Balaban J connectivity index is 1.36. The first-order valence-electron chi connectivity index (χ1n) is 9.11. The lowest BCUT2D eigenvalue weighted by molar-refractivity contribution is 0.301. The first kappa shape index (κ1) is 17.3. The number of fused-ring (bicyclic) bond motifs is 1. The lowest BCUT2D eigenvalue weighted by Gasteiger charge is -2.12. The van der Waals surface area contributed by atoms with Gasteiger partial charge < -0.3 is 14.5 Å². The van der Waals surface area contributed by atoms with Gasteiger partial charge in [-0.3, -0.25) is 4.98 Å². The minimum atomic E-state index is 0.121. The van der Waals surface area contributed by atoms with Crippen molar-refractivity contribution in [1.82, 2.24) is 10.3 Å². The van der Waals surface area contributed by atoms with Crippen molar-refractivity contribution in [2.75, 3.05) is 0 Å². The summed E-state index contributed by atoms with van der Waals surface area (Å²) in [6.07, 6.45) is 1.78. The van der Waals surface area contributed by atoms with Gasteiger partial charge in [0.2, 0.25) is 0 Å². The van der Waals surface area contributed by atoms with Crippen molar-refractivity contribution in [2.24, 2.45) is 0 Å². The molecule has 4 aromatic rings. The van der Waals surface area contributed by atoms with Crippen LogP contribution in [0.4, 0.5) is 0 Å². The number of aromatic nitrogens is 1. The number of furan rings is 1. The predicted octanol–water partition coefficient (Wildman–Crippen LogP) is 5.26. The highest BCUT2D eigenvalue weighted by atomic mass is 16.5. The number of pyridine rings is 1. The molecule has 4 rings (SSSR count). The Bertz CT molecular complexity index is 978. The van der Waals surface area contributed by atoms with Crippen LogP contribution in [0.3, 0.4) is 0 Å². The second-order valence-corrected chi connectivity index (χ2v) is 6.55. The zero-order chi connectivity index (χ0) is 18.5. The van der Waals surface area contributed by atoms with Crippen LogP contribution >= 0.6 is 0 Å². The molecule has 0 spiro atoms. The highest BCUT2D eigenvalue weighted by molar-refractivity contribution is 5.77. The van der Waals surface area contributed by atoms with Crippen LogP contribution in [0.2, 0.25) is 0 Å². The summed E-state index contributed by atoms with van der Waals surface area (Å²) in [5, 5.41) is 4.65. The number of hydrogen-bond acceptors (Lipinski definition) is 4. The fraction of sp³-hybridized carbons (Fsp3) is 0.174. The Kier molecular flexibility index (Phi) is 5.17. The van der Waals surface area contributed by atoms with E-state index in [1.54, 1.807) is 6.20 Å². The number of hydrogen-bond donors (Lipinski definition) is 1. The third-order valence-electron chi connectivity index (χ3n) is 4.50. The molecule has 0 radical (unpaired) electrons. The van der Waals surface area contributed by atoms with Gasteiger partial charge in [-0.1, -0.05) is 36.4 Å². The van der Waals surface area contributed by atoms with Crippen molar-refractivity contribution in [1.29, 1.82) is 0 Å². The minimum absolute atomic E-state index is 0.121. The molecular formula is C23H22N2O2. The molecule has 1 N–H and O–H groups in total. The monoisotopic (exact) mass is 358 g/mol. The van der Waals surface area contributed by atoms with E-state index in [0.717, 1.165) is 40.3 Å². The van der Waals surface area contributed by atoms with E-state index in [1.165, 1.54) is 0 Å². The van der Waals surface area contributed by atoms with Gasteiger partial charge in [-0.25, -0.2) is 0 Å². The van der Waals surface area contributed by atoms with E-state index in [2.05, 4.69) is 41.5 Å². The maximum Gasteiger partial charge on any atom is 0.134 e. The SMILES string of the molecule is CC(NCc1cccc(OCc2ccccn2)c1)c1cc2ccccc2o1. The molecule has 1 atom stereocenters. The van der Waals surface area contributed by atoms with Crippen molar-refractivity contribution in [2.45, 2.75) is 26.1 Å². The molecule has 4 heteroatoms. The molecule has 0 aliphatic heterocycles. The summed E-state index contributed by atoms with van der Waals surface area (Å²) >= 11 is 0. The van der Waals surface area contributed by atoms with Crippen LogP contribution in [-0.4, -0.2) is 4.98 Å². The van der Waals surface area contributed by atoms with Gasteiger partial charge in [0.15, 0.2) is 0 Å². The number of rotatable bonds is 7. The summed E-state index contributed by atoms with van der Waals surface area (Å²) in [7, 11) is 0. The zero-order valence-corrected chi connectivity index (χ0v) is 15.3. The molecular weight excluding hydrogens is 336 g/mol. The maximum atomic E-state index is 5.94. The van der Waals surface area contributed by atoms with Crippen LogP contribution < -0.4 is 10.1 Å². The smallest absolute Gasteiger partial charge is 0.134 e. The van der Waals surface area contributed by atoms with E-state index < -0.39 is 0 Å². The van der Waals surface area contributed by atoms with Gasteiger partial charge in [0.1, 0.15) is 23.7 Å². The lowest BCUT2D eigenvalue weighted by Crippen LogP contribution is -2.17. The third-order valence-corrected chi connectivity index (χ3v) is 4.50. The fourth-order valence-corrected chi connectivity index (χ4v) is 2.97. The van der Waals surface area contributed by atoms with Crippen molar-refractivity contribution in [3.05, 3.63) is 96.0 Å². The Labute approximate surface area is 158 Å². The highest BCUT2D eigenvalue weighted by Gasteiger charge is 2.11. The number of benzene rings is 2. The summed E-state index contributed by atoms with van der Waals surface area (Å²) in [4.78, 5) is 4.28. The van der Waals surface area contributed by atoms with Gasteiger partial charge in [0, 0.05) is 18.1 Å². The van der Waals surface area contributed by atoms with Gasteiger partial charge >= 0.3 is 0 Å². The Hall–Kier alpha value is -3.11. The Morgan fingerprint density at radius 1 is 1.00 bits per heavy atom. The van der Waals surface area contributed by atoms with Crippen LogP contribution in [0.1, 0.15) is 30.0 Å². The average Bonchev–Trinajstić information content (AvgIpc) is 3.16. The molecule has 0 aliphatic rings. The molecule has 0 saturated carbocycles. The normalized spacial score (nSPS) is 12.2. The molecule has 0 aliphatic carbocycles. The molecule has 0 amide bonds. The van der Waals surface area contributed by atoms with Crippen LogP contribution in [0.5, 0.6) is 5.75 Å². The highest BCUT2D eigenvalue weighted by Crippen LogP contribution is 2.24. The maximum absolute atomic E-state index is 5.94. The van der Waals surface area contributed by atoms with Gasteiger partial charge in [0.05, 0.1) is 11.7 Å². The van der Waals surface area contributed by atoms with Crippen LogP contribution in [-0.2, 0) is 13.2 Å². The topological polar surface area (TPSA) is 47.3 Å². The van der Waals surface area contributed by atoms with Crippen LogP contribution in [0.15, 0.2) is 83.4 Å². The molecule has 1 unspecified atom stereocenters. The van der Waals surface area contributed by atoms with Crippen molar-refractivity contribution >= 4 is 11.0 Å². The number of para-hydroxylation sites is 1. The Morgan fingerprint density at radius 3 is 2.74 bits per heavy atom.